The highest BCUT2D eigenvalue weighted by Gasteiger charge is 2.19. The molecule has 30 heavy (non-hydrogen) atoms. The highest BCUT2D eigenvalue weighted by Crippen LogP contribution is 2.23. The average molecular weight is 554 g/mol. The van der Waals surface area contributed by atoms with Crippen molar-refractivity contribution < 1.29 is 17.9 Å². The highest BCUT2D eigenvalue weighted by atomic mass is 127. The molecule has 0 spiro atoms. The number of aryl methyl sites for hydroxylation is 1. The van der Waals surface area contributed by atoms with Crippen molar-refractivity contribution in [1.29, 1.82) is 0 Å². The zero-order valence-corrected chi connectivity index (χ0v) is 21.5. The Morgan fingerprint density at radius 3 is 2.73 bits per heavy atom. The molecule has 1 unspecified atom stereocenters. The number of ether oxygens (including phenoxy) is 2. The van der Waals surface area contributed by atoms with Crippen molar-refractivity contribution in [3.8, 4) is 5.75 Å². The second-order valence-electron chi connectivity index (χ2n) is 7.18. The number of nitrogens with one attached hydrogen (secondary N) is 2. The smallest absolute Gasteiger partial charge is 0.211 e. The molecule has 1 aliphatic rings. The summed E-state index contributed by atoms with van der Waals surface area (Å²) in [7, 11) is -1.43. The Labute approximate surface area is 197 Å². The molecule has 0 aromatic heterocycles. The van der Waals surface area contributed by atoms with Crippen molar-refractivity contribution in [2.24, 2.45) is 4.99 Å². The monoisotopic (exact) mass is 554 g/mol. The van der Waals surface area contributed by atoms with Crippen LogP contribution in [0.5, 0.6) is 5.75 Å². The number of sulfonamides is 1. The molecule has 1 atom stereocenters. The second-order valence-corrected chi connectivity index (χ2v) is 9.16. The number of halogens is 1. The third-order valence-electron chi connectivity index (χ3n) is 4.77. The topological polar surface area (TPSA) is 92.3 Å². The highest BCUT2D eigenvalue weighted by molar-refractivity contribution is 14.0. The molecule has 0 saturated carbocycles. The molecule has 1 fully saturated rings. The largest absolute Gasteiger partial charge is 0.488 e. The van der Waals surface area contributed by atoms with Gasteiger partial charge in [-0.15, -0.1) is 24.0 Å². The van der Waals surface area contributed by atoms with E-state index in [9.17, 15) is 8.42 Å². The van der Waals surface area contributed by atoms with Crippen LogP contribution in [-0.2, 0) is 21.3 Å². The molecule has 1 saturated heterocycles. The molecule has 1 aromatic rings. The Bertz CT molecular complexity index is 783. The van der Waals surface area contributed by atoms with Gasteiger partial charge in [0.2, 0.25) is 10.0 Å². The van der Waals surface area contributed by atoms with E-state index in [1.807, 2.05) is 13.8 Å². The molecule has 0 radical (unpaired) electrons. The van der Waals surface area contributed by atoms with Crippen molar-refractivity contribution in [2.75, 3.05) is 46.2 Å². The minimum absolute atomic E-state index is 0. The summed E-state index contributed by atoms with van der Waals surface area (Å²) in [6.07, 6.45) is 2.95. The summed E-state index contributed by atoms with van der Waals surface area (Å²) in [6, 6.07) is 6.18. The first-order chi connectivity index (χ1) is 13.8. The van der Waals surface area contributed by atoms with Crippen LogP contribution in [0.3, 0.4) is 0 Å². The predicted octanol–water partition coefficient (Wildman–Crippen LogP) is 2.12. The van der Waals surface area contributed by atoms with E-state index in [0.717, 1.165) is 29.9 Å². The van der Waals surface area contributed by atoms with Crippen LogP contribution in [0.1, 0.15) is 30.9 Å². The van der Waals surface area contributed by atoms with Crippen LogP contribution < -0.4 is 15.4 Å². The van der Waals surface area contributed by atoms with E-state index >= 15 is 0 Å². The van der Waals surface area contributed by atoms with Gasteiger partial charge in [-0.05, 0) is 25.0 Å². The fourth-order valence-corrected chi connectivity index (χ4v) is 4.05. The van der Waals surface area contributed by atoms with Crippen LogP contribution in [0.2, 0.25) is 0 Å². The number of rotatable bonds is 10. The number of hydrogen-bond donors (Lipinski definition) is 2. The average Bonchev–Trinajstić information content (AvgIpc) is 3.17. The predicted molar refractivity (Wildman–Crippen MR) is 131 cm³/mol. The van der Waals surface area contributed by atoms with E-state index in [1.54, 1.807) is 7.05 Å². The maximum Gasteiger partial charge on any atom is 0.211 e. The van der Waals surface area contributed by atoms with E-state index in [4.69, 9.17) is 9.47 Å². The molecule has 2 rings (SSSR count). The van der Waals surface area contributed by atoms with Gasteiger partial charge in [0, 0.05) is 45.2 Å². The van der Waals surface area contributed by atoms with Crippen molar-refractivity contribution in [3.05, 3.63) is 29.3 Å². The van der Waals surface area contributed by atoms with Crippen LogP contribution in [0.25, 0.3) is 0 Å². The lowest BCUT2D eigenvalue weighted by Crippen LogP contribution is -2.39. The first-order valence-electron chi connectivity index (χ1n) is 10.1. The van der Waals surface area contributed by atoms with Gasteiger partial charge in [0.1, 0.15) is 11.9 Å². The van der Waals surface area contributed by atoms with Gasteiger partial charge in [0.15, 0.2) is 5.96 Å². The van der Waals surface area contributed by atoms with Gasteiger partial charge >= 0.3 is 0 Å². The molecule has 172 valence electrons. The van der Waals surface area contributed by atoms with Gasteiger partial charge in [0.05, 0.1) is 19.5 Å². The summed E-state index contributed by atoms with van der Waals surface area (Å²) in [5.74, 6) is 1.54. The van der Waals surface area contributed by atoms with Crippen molar-refractivity contribution >= 4 is 40.0 Å². The summed E-state index contributed by atoms with van der Waals surface area (Å²) >= 11 is 0. The molecule has 0 aliphatic carbocycles. The summed E-state index contributed by atoms with van der Waals surface area (Å²) < 4.78 is 36.3. The quantitative estimate of drug-likeness (QED) is 0.199. The van der Waals surface area contributed by atoms with Gasteiger partial charge in [-0.1, -0.05) is 19.1 Å². The first-order valence-corrected chi connectivity index (χ1v) is 11.9. The molecule has 0 amide bonds. The van der Waals surface area contributed by atoms with Crippen molar-refractivity contribution in [2.45, 2.75) is 39.3 Å². The van der Waals surface area contributed by atoms with Gasteiger partial charge in [-0.3, -0.25) is 4.99 Å². The van der Waals surface area contributed by atoms with Crippen LogP contribution in [0.4, 0.5) is 0 Å². The molecule has 0 bridgehead atoms. The van der Waals surface area contributed by atoms with Crippen molar-refractivity contribution in [3.63, 3.8) is 0 Å². The number of hydrogen-bond acceptors (Lipinski definition) is 5. The summed E-state index contributed by atoms with van der Waals surface area (Å²) in [5.41, 5.74) is 2.20. The molecule has 2 N–H and O–H groups in total. The first kappa shape index (κ1) is 26.9. The molecule has 1 heterocycles. The zero-order chi connectivity index (χ0) is 21.3. The van der Waals surface area contributed by atoms with Crippen molar-refractivity contribution in [1.82, 2.24) is 14.9 Å². The maximum absolute atomic E-state index is 11.6. The molecule has 1 aromatic carbocycles. The van der Waals surface area contributed by atoms with Crippen LogP contribution in [0, 0.1) is 6.92 Å². The Kier molecular flexibility index (Phi) is 12.0. The minimum atomic E-state index is -3.15. The summed E-state index contributed by atoms with van der Waals surface area (Å²) in [6.45, 7) is 7.43. The third-order valence-corrected chi connectivity index (χ3v) is 6.15. The number of guanidine groups is 1. The van der Waals surface area contributed by atoms with Crippen LogP contribution >= 0.6 is 24.0 Å². The third kappa shape index (κ3) is 8.94. The number of benzene rings is 1. The van der Waals surface area contributed by atoms with Gasteiger partial charge in [0.25, 0.3) is 0 Å². The van der Waals surface area contributed by atoms with Gasteiger partial charge < -0.3 is 20.1 Å². The Morgan fingerprint density at radius 2 is 2.13 bits per heavy atom. The van der Waals surface area contributed by atoms with E-state index in [2.05, 4.69) is 33.8 Å². The lowest BCUT2D eigenvalue weighted by Gasteiger charge is -2.19. The minimum Gasteiger partial charge on any atom is -0.488 e. The molecule has 8 nitrogen and oxygen atoms in total. The standard InChI is InChI=1S/C20H34N4O4S.HI/c1-5-24(29(4,25)26)11-6-10-22-20(21-3)23-14-17-8-7-16(2)13-19(17)28-18-9-12-27-15-18;/h7-8,13,18H,5-6,9-12,14-15H2,1-4H3,(H2,21,22,23);1H. The fraction of sp³-hybridized carbons (Fsp3) is 0.650. The zero-order valence-electron chi connectivity index (χ0n) is 18.3. The Balaban J connectivity index is 0.00000450. The lowest BCUT2D eigenvalue weighted by atomic mass is 10.1. The number of aliphatic imine (C=N–C) groups is 1. The second kappa shape index (κ2) is 13.3. The fourth-order valence-electron chi connectivity index (χ4n) is 3.12. The van der Waals surface area contributed by atoms with E-state index in [1.165, 1.54) is 10.6 Å². The van der Waals surface area contributed by atoms with Crippen LogP contribution in [-0.4, -0.2) is 70.9 Å². The maximum atomic E-state index is 11.6. The number of nitrogens with zero attached hydrogens (tertiary/aromatic N) is 2. The van der Waals surface area contributed by atoms with E-state index in [-0.39, 0.29) is 30.1 Å². The van der Waals surface area contributed by atoms with Gasteiger partial charge in [-0.2, -0.15) is 0 Å². The molecule has 1 aliphatic heterocycles. The molecule has 10 heteroatoms. The Morgan fingerprint density at radius 1 is 1.37 bits per heavy atom. The lowest BCUT2D eigenvalue weighted by molar-refractivity contribution is 0.140. The van der Waals surface area contributed by atoms with E-state index in [0.29, 0.717) is 45.2 Å². The SMILES string of the molecule is CCN(CCCNC(=NC)NCc1ccc(C)cc1OC1CCOC1)S(C)(=O)=O.I. The van der Waals surface area contributed by atoms with E-state index < -0.39 is 10.0 Å². The molecular formula is C20H35IN4O4S. The normalized spacial score (nSPS) is 17.0. The Hall–Kier alpha value is -1.11. The summed E-state index contributed by atoms with van der Waals surface area (Å²) in [4.78, 5) is 4.24. The molecular weight excluding hydrogens is 519 g/mol. The van der Waals surface area contributed by atoms with Crippen LogP contribution in [0.15, 0.2) is 23.2 Å². The van der Waals surface area contributed by atoms with Gasteiger partial charge in [-0.25, -0.2) is 12.7 Å². The summed E-state index contributed by atoms with van der Waals surface area (Å²) in [5, 5.41) is 6.53.